The predicted octanol–water partition coefficient (Wildman–Crippen LogP) is 0.473. The molecule has 1 saturated heterocycles. The number of aryl methyl sites for hydroxylation is 1. The molecule has 1 amide bonds. The first-order chi connectivity index (χ1) is 6.70. The summed E-state index contributed by atoms with van der Waals surface area (Å²) in [4.78, 5) is 19.4. The van der Waals surface area contributed by atoms with E-state index in [0.717, 1.165) is 17.5 Å². The van der Waals surface area contributed by atoms with E-state index in [4.69, 9.17) is 0 Å². The van der Waals surface area contributed by atoms with Crippen molar-refractivity contribution in [2.45, 2.75) is 13.8 Å². The standard InChI is InChI=1S/C8H12N4OS/c1-3-11-5-12(4-7(11)13)8-9-6(2)10-14-8/h3-5H2,1-2H3. The summed E-state index contributed by atoms with van der Waals surface area (Å²) in [5.74, 6) is 0.938. The van der Waals surface area contributed by atoms with E-state index in [0.29, 0.717) is 13.2 Å². The monoisotopic (exact) mass is 212 g/mol. The van der Waals surface area contributed by atoms with Gasteiger partial charge in [-0.05, 0) is 13.8 Å². The summed E-state index contributed by atoms with van der Waals surface area (Å²) < 4.78 is 4.10. The van der Waals surface area contributed by atoms with Crippen molar-refractivity contribution >= 4 is 22.6 Å². The molecule has 0 atom stereocenters. The smallest absolute Gasteiger partial charge is 0.243 e. The van der Waals surface area contributed by atoms with Gasteiger partial charge in [-0.15, -0.1) is 0 Å². The van der Waals surface area contributed by atoms with Crippen molar-refractivity contribution in [3.8, 4) is 0 Å². The van der Waals surface area contributed by atoms with Gasteiger partial charge in [0.25, 0.3) is 0 Å². The van der Waals surface area contributed by atoms with Crippen LogP contribution in [0.5, 0.6) is 0 Å². The summed E-state index contributed by atoms with van der Waals surface area (Å²) in [6.07, 6.45) is 0. The number of amides is 1. The Morgan fingerprint density at radius 3 is 2.86 bits per heavy atom. The highest BCUT2D eigenvalue weighted by Crippen LogP contribution is 2.20. The molecule has 0 unspecified atom stereocenters. The van der Waals surface area contributed by atoms with Crippen LogP contribution < -0.4 is 4.90 Å². The molecule has 0 N–H and O–H groups in total. The number of hydrogen-bond donors (Lipinski definition) is 0. The van der Waals surface area contributed by atoms with Crippen molar-refractivity contribution in [2.75, 3.05) is 24.7 Å². The summed E-state index contributed by atoms with van der Waals surface area (Å²) in [5, 5.41) is 0.840. The SMILES string of the molecule is CCN1CN(c2nc(C)ns2)CC1=O. The highest BCUT2D eigenvalue weighted by atomic mass is 32.1. The van der Waals surface area contributed by atoms with Crippen molar-refractivity contribution in [2.24, 2.45) is 0 Å². The molecule has 1 aromatic heterocycles. The molecule has 0 aromatic carbocycles. The molecule has 1 aliphatic heterocycles. The number of carbonyl (C=O) groups excluding carboxylic acids is 1. The molecule has 0 spiro atoms. The first-order valence-electron chi connectivity index (χ1n) is 4.53. The Morgan fingerprint density at radius 1 is 1.57 bits per heavy atom. The van der Waals surface area contributed by atoms with Crippen LogP contribution >= 0.6 is 11.5 Å². The normalized spacial score (nSPS) is 16.9. The number of hydrogen-bond acceptors (Lipinski definition) is 5. The highest BCUT2D eigenvalue weighted by Gasteiger charge is 2.27. The Bertz CT molecular complexity index is 351. The number of likely N-dealkylation sites (N-methyl/N-ethyl adjacent to an activating group) is 1. The molecular formula is C8H12N4OS. The van der Waals surface area contributed by atoms with Crippen LogP contribution in [-0.2, 0) is 4.79 Å². The number of anilines is 1. The van der Waals surface area contributed by atoms with E-state index in [9.17, 15) is 4.79 Å². The van der Waals surface area contributed by atoms with Crippen LogP contribution in [0.3, 0.4) is 0 Å². The zero-order chi connectivity index (χ0) is 10.1. The topological polar surface area (TPSA) is 49.3 Å². The van der Waals surface area contributed by atoms with Gasteiger partial charge in [0.1, 0.15) is 12.4 Å². The quantitative estimate of drug-likeness (QED) is 0.715. The summed E-state index contributed by atoms with van der Waals surface area (Å²) in [6, 6.07) is 0. The van der Waals surface area contributed by atoms with E-state index in [1.54, 1.807) is 4.90 Å². The third-order valence-corrected chi connectivity index (χ3v) is 3.06. The molecule has 5 nitrogen and oxygen atoms in total. The minimum absolute atomic E-state index is 0.167. The summed E-state index contributed by atoms with van der Waals surface area (Å²) in [7, 11) is 0. The zero-order valence-corrected chi connectivity index (χ0v) is 9.04. The maximum Gasteiger partial charge on any atom is 0.243 e. The fourth-order valence-corrected chi connectivity index (χ4v) is 2.08. The van der Waals surface area contributed by atoms with Crippen molar-refractivity contribution < 1.29 is 4.79 Å². The van der Waals surface area contributed by atoms with Gasteiger partial charge < -0.3 is 9.80 Å². The first kappa shape index (κ1) is 9.39. The van der Waals surface area contributed by atoms with Gasteiger partial charge in [-0.1, -0.05) is 0 Å². The van der Waals surface area contributed by atoms with E-state index in [1.165, 1.54) is 11.5 Å². The molecule has 0 saturated carbocycles. The van der Waals surface area contributed by atoms with Gasteiger partial charge in [-0.25, -0.2) is 4.98 Å². The molecule has 1 aliphatic rings. The fraction of sp³-hybridized carbons (Fsp3) is 0.625. The Hall–Kier alpha value is -1.17. The lowest BCUT2D eigenvalue weighted by atomic mass is 10.5. The van der Waals surface area contributed by atoms with Crippen LogP contribution in [0.15, 0.2) is 0 Å². The molecule has 0 bridgehead atoms. The second-order valence-electron chi connectivity index (χ2n) is 3.21. The average molecular weight is 212 g/mol. The third-order valence-electron chi connectivity index (χ3n) is 2.19. The van der Waals surface area contributed by atoms with Crippen molar-refractivity contribution in [1.82, 2.24) is 14.3 Å². The van der Waals surface area contributed by atoms with Crippen molar-refractivity contribution in [3.05, 3.63) is 5.82 Å². The number of rotatable bonds is 2. The van der Waals surface area contributed by atoms with E-state index in [1.807, 2.05) is 18.7 Å². The van der Waals surface area contributed by atoms with Crippen molar-refractivity contribution in [3.63, 3.8) is 0 Å². The Labute approximate surface area is 86.5 Å². The predicted molar refractivity (Wildman–Crippen MR) is 54.2 cm³/mol. The molecule has 1 aromatic rings. The lowest BCUT2D eigenvalue weighted by molar-refractivity contribution is -0.126. The van der Waals surface area contributed by atoms with Gasteiger partial charge in [-0.2, -0.15) is 4.37 Å². The van der Waals surface area contributed by atoms with Gasteiger partial charge in [0, 0.05) is 18.1 Å². The lowest BCUT2D eigenvalue weighted by Crippen LogP contribution is -2.26. The van der Waals surface area contributed by atoms with Crippen LogP contribution in [-0.4, -0.2) is 39.9 Å². The molecule has 1 fully saturated rings. The first-order valence-corrected chi connectivity index (χ1v) is 5.31. The summed E-state index contributed by atoms with van der Waals surface area (Å²) in [5.41, 5.74) is 0. The van der Waals surface area contributed by atoms with Crippen LogP contribution in [0, 0.1) is 6.92 Å². The average Bonchev–Trinajstić information content (AvgIpc) is 2.71. The highest BCUT2D eigenvalue weighted by molar-refractivity contribution is 7.09. The molecule has 0 radical (unpaired) electrons. The minimum atomic E-state index is 0.167. The van der Waals surface area contributed by atoms with E-state index >= 15 is 0 Å². The van der Waals surface area contributed by atoms with Crippen LogP contribution in [0.2, 0.25) is 0 Å². The molecule has 6 heteroatoms. The van der Waals surface area contributed by atoms with Gasteiger partial charge >= 0.3 is 0 Å². The minimum Gasteiger partial charge on any atom is -0.324 e. The molecule has 14 heavy (non-hydrogen) atoms. The summed E-state index contributed by atoms with van der Waals surface area (Å²) >= 11 is 1.35. The maximum atomic E-state index is 11.4. The van der Waals surface area contributed by atoms with Crippen LogP contribution in [0.1, 0.15) is 12.7 Å². The number of carbonyl (C=O) groups is 1. The molecule has 0 aliphatic carbocycles. The lowest BCUT2D eigenvalue weighted by Gasteiger charge is -2.14. The number of aromatic nitrogens is 2. The third kappa shape index (κ3) is 1.57. The van der Waals surface area contributed by atoms with E-state index < -0.39 is 0 Å². The largest absolute Gasteiger partial charge is 0.324 e. The Morgan fingerprint density at radius 2 is 2.36 bits per heavy atom. The van der Waals surface area contributed by atoms with Crippen LogP contribution in [0.4, 0.5) is 5.13 Å². The van der Waals surface area contributed by atoms with Gasteiger partial charge in [0.05, 0.1) is 6.67 Å². The molecular weight excluding hydrogens is 200 g/mol. The van der Waals surface area contributed by atoms with Gasteiger partial charge in [-0.3, -0.25) is 4.79 Å². The second kappa shape index (κ2) is 3.53. The van der Waals surface area contributed by atoms with E-state index in [-0.39, 0.29) is 5.91 Å². The van der Waals surface area contributed by atoms with E-state index in [2.05, 4.69) is 9.36 Å². The Kier molecular flexibility index (Phi) is 2.37. The Balaban J connectivity index is 2.12. The van der Waals surface area contributed by atoms with Gasteiger partial charge in [0.15, 0.2) is 0 Å². The second-order valence-corrected chi connectivity index (χ2v) is 3.94. The van der Waals surface area contributed by atoms with Crippen molar-refractivity contribution in [1.29, 1.82) is 0 Å². The number of nitrogens with zero attached hydrogens (tertiary/aromatic N) is 4. The maximum absolute atomic E-state index is 11.4. The molecule has 2 rings (SSSR count). The molecule has 2 heterocycles. The van der Waals surface area contributed by atoms with Gasteiger partial charge in [0.2, 0.25) is 11.0 Å². The van der Waals surface area contributed by atoms with Crippen LogP contribution in [0.25, 0.3) is 0 Å². The fourth-order valence-electron chi connectivity index (χ4n) is 1.42. The zero-order valence-electron chi connectivity index (χ0n) is 8.23. The summed E-state index contributed by atoms with van der Waals surface area (Å²) in [6.45, 7) is 5.67. The molecule has 76 valence electrons.